The molecule has 0 aliphatic carbocycles. The molecule has 3 aromatic rings. The monoisotopic (exact) mass is 454 g/mol. The minimum atomic E-state index is -0.402. The van der Waals surface area contributed by atoms with Crippen molar-refractivity contribution in [1.82, 2.24) is 4.57 Å². The lowest BCUT2D eigenvalue weighted by molar-refractivity contribution is 0.0994. The van der Waals surface area contributed by atoms with Crippen LogP contribution in [0.2, 0.25) is 5.02 Å². The second kappa shape index (κ2) is 8.35. The zero-order valence-electron chi connectivity index (χ0n) is 14.2. The quantitative estimate of drug-likeness (QED) is 0.568. The van der Waals surface area contributed by atoms with Gasteiger partial charge in [0.15, 0.2) is 4.80 Å². The van der Waals surface area contributed by atoms with Gasteiger partial charge in [0, 0.05) is 23.1 Å². The van der Waals surface area contributed by atoms with Gasteiger partial charge < -0.3 is 14.0 Å². The van der Waals surface area contributed by atoms with Gasteiger partial charge in [-0.2, -0.15) is 4.99 Å². The predicted molar refractivity (Wildman–Crippen MR) is 107 cm³/mol. The molecule has 5 nitrogen and oxygen atoms in total. The highest BCUT2D eigenvalue weighted by atomic mass is 79.9. The maximum atomic E-state index is 12.8. The molecule has 0 unspecified atom stereocenters. The molecule has 0 radical (unpaired) electrons. The van der Waals surface area contributed by atoms with Crippen molar-refractivity contribution in [3.63, 3.8) is 0 Å². The van der Waals surface area contributed by atoms with Gasteiger partial charge in [0.2, 0.25) is 0 Å². The Balaban J connectivity index is 2.14. The van der Waals surface area contributed by atoms with E-state index in [1.165, 1.54) is 18.4 Å². The second-order valence-corrected chi connectivity index (χ2v) is 7.76. The van der Waals surface area contributed by atoms with Crippen molar-refractivity contribution in [2.75, 3.05) is 20.8 Å². The van der Waals surface area contributed by atoms with E-state index in [-0.39, 0.29) is 0 Å². The molecule has 1 aromatic heterocycles. The number of hydrogen-bond donors (Lipinski definition) is 0. The van der Waals surface area contributed by atoms with E-state index in [0.29, 0.717) is 34.3 Å². The van der Waals surface area contributed by atoms with E-state index >= 15 is 0 Å². The fourth-order valence-corrected chi connectivity index (χ4v) is 4.30. The molecule has 0 aliphatic rings. The van der Waals surface area contributed by atoms with Crippen LogP contribution < -0.4 is 9.54 Å². The number of ether oxygens (including phenoxy) is 2. The zero-order chi connectivity index (χ0) is 18.7. The van der Waals surface area contributed by atoms with E-state index in [2.05, 4.69) is 20.9 Å². The van der Waals surface area contributed by atoms with E-state index in [1.807, 2.05) is 22.8 Å². The Morgan fingerprint density at radius 2 is 2.08 bits per heavy atom. The molecule has 26 heavy (non-hydrogen) atoms. The van der Waals surface area contributed by atoms with E-state index in [9.17, 15) is 4.79 Å². The van der Waals surface area contributed by atoms with Crippen LogP contribution in [0.4, 0.5) is 0 Å². The Labute approximate surface area is 168 Å². The number of halogens is 2. The average Bonchev–Trinajstić information content (AvgIpc) is 2.95. The molecule has 0 saturated heterocycles. The van der Waals surface area contributed by atoms with Crippen molar-refractivity contribution in [1.29, 1.82) is 0 Å². The molecular weight excluding hydrogens is 440 g/mol. The van der Waals surface area contributed by atoms with Gasteiger partial charge in [-0.15, -0.1) is 0 Å². The summed E-state index contributed by atoms with van der Waals surface area (Å²) in [6.07, 6.45) is 0. The molecular formula is C18H16BrClN2O3S. The van der Waals surface area contributed by atoms with Crippen molar-refractivity contribution < 1.29 is 14.3 Å². The van der Waals surface area contributed by atoms with Crippen LogP contribution in [0.25, 0.3) is 10.2 Å². The minimum Gasteiger partial charge on any atom is -0.496 e. The number of carbonyl (C=O) groups excluding carboxylic acids is 1. The minimum absolute atomic E-state index is 0.330. The first kappa shape index (κ1) is 19.1. The number of hydrogen-bond acceptors (Lipinski definition) is 4. The SMILES string of the molecule is COCCn1c(=NC(=O)c2cc(Cl)ccc2OC)sc2cc(Br)ccc21. The smallest absolute Gasteiger partial charge is 0.283 e. The first-order valence-electron chi connectivity index (χ1n) is 7.74. The van der Waals surface area contributed by atoms with E-state index in [4.69, 9.17) is 21.1 Å². The van der Waals surface area contributed by atoms with Gasteiger partial charge in [-0.05, 0) is 36.4 Å². The average molecular weight is 456 g/mol. The Morgan fingerprint density at radius 3 is 2.81 bits per heavy atom. The molecule has 1 amide bonds. The lowest BCUT2D eigenvalue weighted by atomic mass is 10.2. The largest absolute Gasteiger partial charge is 0.496 e. The van der Waals surface area contributed by atoms with E-state index in [1.54, 1.807) is 25.3 Å². The molecule has 0 atom stereocenters. The number of benzene rings is 2. The number of carbonyl (C=O) groups is 1. The number of amides is 1. The molecule has 2 aromatic carbocycles. The highest BCUT2D eigenvalue weighted by molar-refractivity contribution is 9.10. The molecule has 0 N–H and O–H groups in total. The third-order valence-corrected chi connectivity index (χ3v) is 5.52. The van der Waals surface area contributed by atoms with Gasteiger partial charge in [0.05, 0.1) is 29.5 Å². The third kappa shape index (κ3) is 4.01. The van der Waals surface area contributed by atoms with Gasteiger partial charge in [-0.3, -0.25) is 4.79 Å². The summed E-state index contributed by atoms with van der Waals surface area (Å²) in [5.74, 6) is 0.0385. The third-order valence-electron chi connectivity index (χ3n) is 3.75. The molecule has 0 spiro atoms. The number of methoxy groups -OCH3 is 2. The van der Waals surface area contributed by atoms with Crippen LogP contribution in [-0.2, 0) is 11.3 Å². The second-order valence-electron chi connectivity index (χ2n) is 5.40. The summed E-state index contributed by atoms with van der Waals surface area (Å²) in [4.78, 5) is 17.7. The van der Waals surface area contributed by atoms with Crippen LogP contribution in [0, 0.1) is 0 Å². The summed E-state index contributed by atoms with van der Waals surface area (Å²) in [5, 5.41) is 0.455. The van der Waals surface area contributed by atoms with Crippen molar-refractivity contribution in [2.45, 2.75) is 6.54 Å². The summed E-state index contributed by atoms with van der Waals surface area (Å²) in [5.41, 5.74) is 1.33. The lowest BCUT2D eigenvalue weighted by Gasteiger charge is -2.06. The summed E-state index contributed by atoms with van der Waals surface area (Å²) in [6, 6.07) is 10.9. The highest BCUT2D eigenvalue weighted by Gasteiger charge is 2.14. The Morgan fingerprint density at radius 1 is 1.27 bits per heavy atom. The summed E-state index contributed by atoms with van der Waals surface area (Å²) < 4.78 is 14.4. The first-order chi connectivity index (χ1) is 12.5. The zero-order valence-corrected chi connectivity index (χ0v) is 17.3. The fraction of sp³-hybridized carbons (Fsp3) is 0.222. The van der Waals surface area contributed by atoms with Crippen molar-refractivity contribution >= 4 is 55.0 Å². The Kier molecular flexibility index (Phi) is 6.13. The van der Waals surface area contributed by atoms with Crippen molar-refractivity contribution in [2.24, 2.45) is 4.99 Å². The fourth-order valence-electron chi connectivity index (χ4n) is 2.53. The van der Waals surface area contributed by atoms with Crippen LogP contribution in [0.5, 0.6) is 5.75 Å². The maximum absolute atomic E-state index is 12.8. The summed E-state index contributed by atoms with van der Waals surface area (Å²) in [6.45, 7) is 1.11. The Bertz CT molecular complexity index is 1030. The molecule has 0 saturated carbocycles. The van der Waals surface area contributed by atoms with E-state index in [0.717, 1.165) is 14.7 Å². The molecule has 0 bridgehead atoms. The van der Waals surface area contributed by atoms with Crippen LogP contribution in [-0.4, -0.2) is 31.3 Å². The molecule has 136 valence electrons. The molecule has 8 heteroatoms. The van der Waals surface area contributed by atoms with Crippen LogP contribution in [0.15, 0.2) is 45.9 Å². The maximum Gasteiger partial charge on any atom is 0.283 e. The van der Waals surface area contributed by atoms with Crippen LogP contribution >= 0.6 is 38.9 Å². The van der Waals surface area contributed by atoms with Crippen LogP contribution in [0.1, 0.15) is 10.4 Å². The number of aromatic nitrogens is 1. The van der Waals surface area contributed by atoms with Crippen molar-refractivity contribution in [3.05, 3.63) is 56.3 Å². The standard InChI is InChI=1S/C18H16BrClN2O3S/c1-24-8-7-22-14-5-3-11(19)9-16(14)26-18(22)21-17(23)13-10-12(20)4-6-15(13)25-2/h3-6,9-10H,7-8H2,1-2H3. The van der Waals surface area contributed by atoms with E-state index < -0.39 is 5.91 Å². The number of nitrogens with zero attached hydrogens (tertiary/aromatic N) is 2. The van der Waals surface area contributed by atoms with Gasteiger partial charge in [-0.25, -0.2) is 0 Å². The topological polar surface area (TPSA) is 52.8 Å². The molecule has 0 fully saturated rings. The normalized spacial score (nSPS) is 11.9. The number of fused-ring (bicyclic) bond motifs is 1. The van der Waals surface area contributed by atoms with Gasteiger partial charge in [0.25, 0.3) is 5.91 Å². The van der Waals surface area contributed by atoms with Gasteiger partial charge in [-0.1, -0.05) is 38.9 Å². The lowest BCUT2D eigenvalue weighted by Crippen LogP contribution is -2.19. The molecule has 0 aliphatic heterocycles. The Hall–Kier alpha value is -1.67. The van der Waals surface area contributed by atoms with Gasteiger partial charge >= 0.3 is 0 Å². The molecule has 1 heterocycles. The summed E-state index contributed by atoms with van der Waals surface area (Å²) in [7, 11) is 3.15. The predicted octanol–water partition coefficient (Wildman–Crippen LogP) is 4.51. The van der Waals surface area contributed by atoms with Gasteiger partial charge in [0.1, 0.15) is 5.75 Å². The molecule has 3 rings (SSSR count). The first-order valence-corrected chi connectivity index (χ1v) is 9.72. The highest BCUT2D eigenvalue weighted by Crippen LogP contribution is 2.25. The number of rotatable bonds is 5. The number of thiazole rings is 1. The van der Waals surface area contributed by atoms with Crippen molar-refractivity contribution in [3.8, 4) is 5.75 Å². The summed E-state index contributed by atoms with van der Waals surface area (Å²) >= 11 is 11.0. The van der Waals surface area contributed by atoms with Crippen LogP contribution in [0.3, 0.4) is 0 Å².